The highest BCUT2D eigenvalue weighted by atomic mass is 32.1. The lowest BCUT2D eigenvalue weighted by molar-refractivity contribution is -0.155. The number of rotatable bonds is 4. The fraction of sp³-hybridized carbons (Fsp3) is 0.643. The third kappa shape index (κ3) is 3.00. The molecule has 2 heterocycles. The van der Waals surface area contributed by atoms with Crippen molar-refractivity contribution in [2.45, 2.75) is 39.5 Å². The van der Waals surface area contributed by atoms with Gasteiger partial charge < -0.3 is 10.0 Å². The lowest BCUT2D eigenvalue weighted by atomic mass is 9.77. The molecule has 0 saturated carbocycles. The molecule has 1 amide bonds. The van der Waals surface area contributed by atoms with E-state index in [1.165, 1.54) is 11.3 Å². The number of carbonyl (C=O) groups excluding carboxylic acids is 1. The van der Waals surface area contributed by atoms with Gasteiger partial charge in [-0.15, -0.1) is 11.3 Å². The first-order valence-electron chi connectivity index (χ1n) is 6.89. The molecule has 0 aliphatic carbocycles. The van der Waals surface area contributed by atoms with E-state index in [9.17, 15) is 14.7 Å². The fourth-order valence-electron chi connectivity index (χ4n) is 2.72. The van der Waals surface area contributed by atoms with Crippen molar-refractivity contribution in [1.82, 2.24) is 9.88 Å². The van der Waals surface area contributed by atoms with E-state index < -0.39 is 11.4 Å². The van der Waals surface area contributed by atoms with Crippen LogP contribution in [0.25, 0.3) is 0 Å². The molecule has 2 rings (SSSR count). The van der Waals surface area contributed by atoms with Crippen molar-refractivity contribution >= 4 is 23.2 Å². The second-order valence-electron chi connectivity index (χ2n) is 5.39. The largest absolute Gasteiger partial charge is 0.481 e. The van der Waals surface area contributed by atoms with Crippen LogP contribution in [0.15, 0.2) is 5.38 Å². The number of carboxylic acid groups (broad SMARTS) is 1. The van der Waals surface area contributed by atoms with Crippen molar-refractivity contribution in [3.8, 4) is 0 Å². The highest BCUT2D eigenvalue weighted by Crippen LogP contribution is 2.33. The second-order valence-corrected chi connectivity index (χ2v) is 6.45. The van der Waals surface area contributed by atoms with Gasteiger partial charge in [0.2, 0.25) is 5.91 Å². The Morgan fingerprint density at radius 2 is 2.30 bits per heavy atom. The fourth-order valence-corrected chi connectivity index (χ4v) is 3.33. The molecule has 0 bridgehead atoms. The topological polar surface area (TPSA) is 70.5 Å². The molecule has 1 N–H and O–H groups in total. The van der Waals surface area contributed by atoms with Gasteiger partial charge in [-0.05, 0) is 26.2 Å². The molecule has 0 aromatic carbocycles. The summed E-state index contributed by atoms with van der Waals surface area (Å²) < 4.78 is 0. The van der Waals surface area contributed by atoms with Gasteiger partial charge in [-0.25, -0.2) is 4.98 Å². The molecule has 1 saturated heterocycles. The van der Waals surface area contributed by atoms with Crippen molar-refractivity contribution in [2.24, 2.45) is 5.41 Å². The van der Waals surface area contributed by atoms with Gasteiger partial charge in [0, 0.05) is 18.5 Å². The van der Waals surface area contributed by atoms with E-state index in [-0.39, 0.29) is 12.3 Å². The molecule has 1 unspecified atom stereocenters. The predicted octanol–water partition coefficient (Wildman–Crippen LogP) is 2.10. The zero-order chi connectivity index (χ0) is 14.8. The van der Waals surface area contributed by atoms with Gasteiger partial charge in [-0.1, -0.05) is 6.92 Å². The van der Waals surface area contributed by atoms with Crippen LogP contribution in [0.2, 0.25) is 0 Å². The van der Waals surface area contributed by atoms with Crippen LogP contribution in [-0.2, 0) is 16.0 Å². The number of hydrogen-bond donors (Lipinski definition) is 1. The molecule has 0 radical (unpaired) electrons. The number of amides is 1. The minimum absolute atomic E-state index is 0.0194. The number of carboxylic acids is 1. The lowest BCUT2D eigenvalue weighted by Crippen LogP contribution is -2.50. The van der Waals surface area contributed by atoms with Gasteiger partial charge in [-0.3, -0.25) is 9.59 Å². The second kappa shape index (κ2) is 5.91. The summed E-state index contributed by atoms with van der Waals surface area (Å²) in [6, 6.07) is 0. The molecular weight excluding hydrogens is 276 g/mol. The molecule has 1 aromatic heterocycles. The Labute approximate surface area is 122 Å². The van der Waals surface area contributed by atoms with E-state index in [1.54, 1.807) is 4.90 Å². The Balaban J connectivity index is 2.05. The molecule has 110 valence electrons. The zero-order valence-electron chi connectivity index (χ0n) is 11.9. The van der Waals surface area contributed by atoms with E-state index >= 15 is 0 Å². The third-order valence-corrected chi connectivity index (χ3v) is 4.88. The maximum Gasteiger partial charge on any atom is 0.311 e. The van der Waals surface area contributed by atoms with Crippen LogP contribution in [0.4, 0.5) is 0 Å². The van der Waals surface area contributed by atoms with Crippen molar-refractivity contribution in [2.75, 3.05) is 13.1 Å². The summed E-state index contributed by atoms with van der Waals surface area (Å²) in [7, 11) is 0. The van der Waals surface area contributed by atoms with Crippen LogP contribution in [0.5, 0.6) is 0 Å². The minimum atomic E-state index is -0.790. The average molecular weight is 296 g/mol. The van der Waals surface area contributed by atoms with Gasteiger partial charge in [0.1, 0.15) is 0 Å². The van der Waals surface area contributed by atoms with Crippen LogP contribution >= 0.6 is 11.3 Å². The normalized spacial score (nSPS) is 22.8. The Kier molecular flexibility index (Phi) is 4.42. The molecule has 1 atom stereocenters. The van der Waals surface area contributed by atoms with Gasteiger partial charge in [0.05, 0.1) is 22.5 Å². The quantitative estimate of drug-likeness (QED) is 0.923. The van der Waals surface area contributed by atoms with Gasteiger partial charge in [0.25, 0.3) is 0 Å². The Morgan fingerprint density at radius 3 is 2.85 bits per heavy atom. The van der Waals surface area contributed by atoms with Crippen molar-refractivity contribution < 1.29 is 14.7 Å². The number of aromatic nitrogens is 1. The van der Waals surface area contributed by atoms with Gasteiger partial charge in [0.15, 0.2) is 0 Å². The van der Waals surface area contributed by atoms with Crippen LogP contribution in [0.3, 0.4) is 0 Å². The Hall–Kier alpha value is -1.43. The summed E-state index contributed by atoms with van der Waals surface area (Å²) in [6.45, 7) is 4.76. The number of aliphatic carboxylic acids is 1. The summed E-state index contributed by atoms with van der Waals surface area (Å²) in [4.78, 5) is 29.8. The van der Waals surface area contributed by atoms with E-state index in [2.05, 4.69) is 4.98 Å². The van der Waals surface area contributed by atoms with E-state index in [4.69, 9.17) is 0 Å². The van der Waals surface area contributed by atoms with E-state index in [1.807, 2.05) is 19.2 Å². The van der Waals surface area contributed by atoms with Crippen molar-refractivity contribution in [1.29, 1.82) is 0 Å². The lowest BCUT2D eigenvalue weighted by Gasteiger charge is -2.39. The number of likely N-dealkylation sites (tertiary alicyclic amines) is 1. The molecule has 1 aromatic rings. The molecule has 1 aliphatic rings. The highest BCUT2D eigenvalue weighted by molar-refractivity contribution is 7.09. The first-order chi connectivity index (χ1) is 9.47. The number of piperidine rings is 1. The van der Waals surface area contributed by atoms with E-state index in [0.29, 0.717) is 25.9 Å². The Bertz CT molecular complexity index is 514. The van der Waals surface area contributed by atoms with Crippen LogP contribution in [0.1, 0.15) is 36.9 Å². The summed E-state index contributed by atoms with van der Waals surface area (Å²) in [5.41, 5.74) is 0.00631. The standard InChI is InChI=1S/C14H20N2O3S/c1-3-14(13(18)19)5-4-6-16(9-14)12(17)7-11-8-20-10(2)15-11/h8H,3-7,9H2,1-2H3,(H,18,19). The summed E-state index contributed by atoms with van der Waals surface area (Å²) in [5.74, 6) is -0.809. The van der Waals surface area contributed by atoms with Crippen LogP contribution in [-0.4, -0.2) is 40.0 Å². The number of aryl methyl sites for hydroxylation is 1. The molecule has 1 fully saturated rings. The first kappa shape index (κ1) is 15.0. The molecule has 5 nitrogen and oxygen atoms in total. The summed E-state index contributed by atoms with van der Waals surface area (Å²) >= 11 is 1.53. The number of hydrogen-bond acceptors (Lipinski definition) is 4. The molecular formula is C14H20N2O3S. The Morgan fingerprint density at radius 1 is 1.55 bits per heavy atom. The van der Waals surface area contributed by atoms with Gasteiger partial charge >= 0.3 is 5.97 Å². The van der Waals surface area contributed by atoms with Crippen LogP contribution < -0.4 is 0 Å². The third-order valence-electron chi connectivity index (χ3n) is 4.06. The van der Waals surface area contributed by atoms with Crippen molar-refractivity contribution in [3.63, 3.8) is 0 Å². The summed E-state index contributed by atoms with van der Waals surface area (Å²) in [5, 5.41) is 12.3. The average Bonchev–Trinajstić information content (AvgIpc) is 2.83. The zero-order valence-corrected chi connectivity index (χ0v) is 12.7. The molecule has 20 heavy (non-hydrogen) atoms. The maximum absolute atomic E-state index is 12.3. The van der Waals surface area contributed by atoms with Crippen LogP contribution in [0, 0.1) is 12.3 Å². The SMILES string of the molecule is CCC1(C(=O)O)CCCN(C(=O)Cc2csc(C)n2)C1. The molecule has 0 spiro atoms. The molecule has 1 aliphatic heterocycles. The predicted molar refractivity (Wildman–Crippen MR) is 76.7 cm³/mol. The number of carbonyl (C=O) groups is 2. The minimum Gasteiger partial charge on any atom is -0.481 e. The maximum atomic E-state index is 12.3. The number of thiazole rings is 1. The number of nitrogens with zero attached hydrogens (tertiary/aromatic N) is 2. The first-order valence-corrected chi connectivity index (χ1v) is 7.77. The monoisotopic (exact) mass is 296 g/mol. The van der Waals surface area contributed by atoms with Gasteiger partial charge in [-0.2, -0.15) is 0 Å². The highest BCUT2D eigenvalue weighted by Gasteiger charge is 2.42. The summed E-state index contributed by atoms with van der Waals surface area (Å²) in [6.07, 6.45) is 2.23. The van der Waals surface area contributed by atoms with Crippen molar-refractivity contribution in [3.05, 3.63) is 16.1 Å². The molecule has 6 heteroatoms. The smallest absolute Gasteiger partial charge is 0.311 e. The van der Waals surface area contributed by atoms with E-state index in [0.717, 1.165) is 17.1 Å².